The fraction of sp³-hybridized carbons (Fsp3) is 0.312. The molecule has 8 heteroatoms. The quantitative estimate of drug-likeness (QED) is 0.423. The lowest BCUT2D eigenvalue weighted by molar-refractivity contribution is -0.384. The molecule has 1 unspecified atom stereocenters. The van der Waals surface area contributed by atoms with E-state index in [4.69, 9.17) is 4.52 Å². The maximum atomic E-state index is 12.9. The van der Waals surface area contributed by atoms with Gasteiger partial charge in [0.2, 0.25) is 0 Å². The summed E-state index contributed by atoms with van der Waals surface area (Å²) in [5, 5.41) is 13.7. The van der Waals surface area contributed by atoms with Crippen LogP contribution in [-0.4, -0.2) is 23.1 Å². The van der Waals surface area contributed by atoms with Crippen LogP contribution in [0.2, 0.25) is 0 Å². The van der Waals surface area contributed by atoms with Gasteiger partial charge in [-0.3, -0.25) is 19.7 Å². The van der Waals surface area contributed by atoms with Gasteiger partial charge in [0.25, 0.3) is 13.2 Å². The second-order valence-corrected chi connectivity index (χ2v) is 7.39. The van der Waals surface area contributed by atoms with Gasteiger partial charge in [0, 0.05) is 37.0 Å². The molecule has 1 aromatic heterocycles. The van der Waals surface area contributed by atoms with Crippen LogP contribution in [0.1, 0.15) is 18.2 Å². The van der Waals surface area contributed by atoms with Crippen molar-refractivity contribution in [2.75, 3.05) is 13.2 Å². The summed E-state index contributed by atoms with van der Waals surface area (Å²) < 4.78 is 18.3. The van der Waals surface area contributed by atoms with Crippen molar-refractivity contribution in [3.8, 4) is 0 Å². The summed E-state index contributed by atoms with van der Waals surface area (Å²) in [5.74, 6) is 0. The summed E-state index contributed by atoms with van der Waals surface area (Å²) in [4.78, 5) is 14.4. The molecule has 0 bridgehead atoms. The molecule has 0 saturated heterocycles. The monoisotopic (exact) mass is 349 g/mol. The topological polar surface area (TPSA) is 94.4 Å². The molecule has 0 spiro atoms. The van der Waals surface area contributed by atoms with Crippen molar-refractivity contribution < 1.29 is 14.0 Å². The van der Waals surface area contributed by atoms with Gasteiger partial charge in [-0.15, -0.1) is 0 Å². The maximum absolute atomic E-state index is 12.9. The number of nitrogens with one attached hydrogen (secondary N) is 1. The number of pyridine rings is 1. The van der Waals surface area contributed by atoms with Crippen LogP contribution in [0.5, 0.6) is 0 Å². The summed E-state index contributed by atoms with van der Waals surface area (Å²) in [5.41, 5.74) is 1.64. The zero-order valence-corrected chi connectivity index (χ0v) is 14.3. The van der Waals surface area contributed by atoms with Gasteiger partial charge < -0.3 is 4.52 Å². The van der Waals surface area contributed by atoms with Crippen LogP contribution in [0.4, 0.5) is 5.69 Å². The predicted molar refractivity (Wildman–Crippen MR) is 92.0 cm³/mol. The van der Waals surface area contributed by atoms with E-state index in [1.165, 1.54) is 12.1 Å². The van der Waals surface area contributed by atoms with E-state index in [0.29, 0.717) is 19.6 Å². The summed E-state index contributed by atoms with van der Waals surface area (Å²) >= 11 is 0. The first-order valence-corrected chi connectivity index (χ1v) is 9.45. The summed E-state index contributed by atoms with van der Waals surface area (Å²) in [6, 6.07) is 11.7. The molecule has 1 aromatic carbocycles. The first-order valence-electron chi connectivity index (χ1n) is 7.64. The molecule has 2 aromatic rings. The minimum atomic E-state index is -3.06. The molecule has 0 radical (unpaired) electrons. The van der Waals surface area contributed by atoms with E-state index in [1.54, 1.807) is 25.3 Å². The van der Waals surface area contributed by atoms with Crippen LogP contribution in [0, 0.1) is 10.1 Å². The molecule has 7 nitrogen and oxygen atoms in total. The van der Waals surface area contributed by atoms with Gasteiger partial charge >= 0.3 is 0 Å². The number of hydrogen-bond donors (Lipinski definition) is 1. The maximum Gasteiger partial charge on any atom is 0.274 e. The van der Waals surface area contributed by atoms with Gasteiger partial charge in [-0.25, -0.2) is 5.09 Å². The number of nitro benzene ring substituents is 1. The molecule has 0 fully saturated rings. The molecule has 0 saturated carbocycles. The summed E-state index contributed by atoms with van der Waals surface area (Å²) in [6.07, 6.45) is 2.54. The SMILES string of the molecule is CCOP(=O)(Cc1ccc([N+](=O)[O-])cc1)NCCc1ccccn1. The van der Waals surface area contributed by atoms with E-state index < -0.39 is 12.4 Å². The molecule has 1 N–H and O–H groups in total. The Morgan fingerprint density at radius 3 is 2.58 bits per heavy atom. The van der Waals surface area contributed by atoms with Gasteiger partial charge in [0.15, 0.2) is 0 Å². The first kappa shape index (κ1) is 18.3. The highest BCUT2D eigenvalue weighted by Crippen LogP contribution is 2.45. The Morgan fingerprint density at radius 2 is 2.00 bits per heavy atom. The second-order valence-electron chi connectivity index (χ2n) is 5.15. The Hall–Kier alpha value is -2.08. The molecule has 128 valence electrons. The fourth-order valence-electron chi connectivity index (χ4n) is 2.22. The molecule has 0 aliphatic carbocycles. The minimum Gasteiger partial charge on any atom is -0.318 e. The van der Waals surface area contributed by atoms with Crippen LogP contribution in [-0.2, 0) is 21.7 Å². The van der Waals surface area contributed by atoms with Crippen molar-refractivity contribution in [2.24, 2.45) is 0 Å². The zero-order chi connectivity index (χ0) is 17.4. The molecule has 0 aliphatic heterocycles. The number of non-ortho nitro benzene ring substituents is 1. The smallest absolute Gasteiger partial charge is 0.274 e. The molecular formula is C16H20N3O4P. The first-order chi connectivity index (χ1) is 11.5. The summed E-state index contributed by atoms with van der Waals surface area (Å²) in [7, 11) is -3.06. The lowest BCUT2D eigenvalue weighted by Gasteiger charge is -2.19. The number of rotatable bonds is 9. The average molecular weight is 349 g/mol. The van der Waals surface area contributed by atoms with E-state index >= 15 is 0 Å². The predicted octanol–water partition coefficient (Wildman–Crippen LogP) is 3.55. The van der Waals surface area contributed by atoms with Crippen LogP contribution in [0.25, 0.3) is 0 Å². The highest BCUT2D eigenvalue weighted by molar-refractivity contribution is 7.56. The van der Waals surface area contributed by atoms with Crippen molar-refractivity contribution in [3.63, 3.8) is 0 Å². The number of aromatic nitrogens is 1. The molecule has 24 heavy (non-hydrogen) atoms. The third kappa shape index (κ3) is 5.53. The number of nitrogens with zero attached hydrogens (tertiary/aromatic N) is 2. The summed E-state index contributed by atoms with van der Waals surface area (Å²) in [6.45, 7) is 2.57. The molecule has 0 amide bonds. The molecule has 2 rings (SSSR count). The standard InChI is InChI=1S/C16H20N3O4P/c1-2-23-24(22,18-12-10-15-5-3-4-11-17-15)13-14-6-8-16(9-7-14)19(20)21/h3-9,11H,2,10,12-13H2,1H3,(H,18,22). The lowest BCUT2D eigenvalue weighted by atomic mass is 10.2. The molecule has 0 aliphatic rings. The Bertz CT molecular complexity index is 707. The Morgan fingerprint density at radius 1 is 1.25 bits per heavy atom. The third-order valence-electron chi connectivity index (χ3n) is 3.34. The molecular weight excluding hydrogens is 329 g/mol. The Labute approximate surface area is 140 Å². The fourth-order valence-corrected chi connectivity index (χ4v) is 4.07. The molecule has 1 atom stereocenters. The van der Waals surface area contributed by atoms with Crippen molar-refractivity contribution in [1.29, 1.82) is 0 Å². The molecule has 1 heterocycles. The van der Waals surface area contributed by atoms with Crippen molar-refractivity contribution in [2.45, 2.75) is 19.5 Å². The van der Waals surface area contributed by atoms with E-state index in [1.807, 2.05) is 18.2 Å². The normalized spacial score (nSPS) is 13.4. The van der Waals surface area contributed by atoms with Gasteiger partial charge in [-0.2, -0.15) is 0 Å². The van der Waals surface area contributed by atoms with Gasteiger partial charge in [0.05, 0.1) is 17.7 Å². The third-order valence-corrected chi connectivity index (χ3v) is 5.50. The highest BCUT2D eigenvalue weighted by atomic mass is 31.2. The van der Waals surface area contributed by atoms with E-state index in [9.17, 15) is 14.7 Å². The van der Waals surface area contributed by atoms with Crippen LogP contribution >= 0.6 is 7.52 Å². The van der Waals surface area contributed by atoms with E-state index in [0.717, 1.165) is 11.3 Å². The van der Waals surface area contributed by atoms with Gasteiger partial charge in [-0.05, 0) is 24.6 Å². The van der Waals surface area contributed by atoms with Crippen LogP contribution < -0.4 is 5.09 Å². The van der Waals surface area contributed by atoms with Crippen molar-refractivity contribution >= 4 is 13.2 Å². The highest BCUT2D eigenvalue weighted by Gasteiger charge is 2.23. The number of nitro groups is 1. The van der Waals surface area contributed by atoms with E-state index in [-0.39, 0.29) is 11.8 Å². The van der Waals surface area contributed by atoms with E-state index in [2.05, 4.69) is 10.1 Å². The Kier molecular flexibility index (Phi) is 6.61. The number of hydrogen-bond acceptors (Lipinski definition) is 5. The van der Waals surface area contributed by atoms with Crippen molar-refractivity contribution in [1.82, 2.24) is 10.1 Å². The minimum absolute atomic E-state index is 0.00750. The largest absolute Gasteiger partial charge is 0.318 e. The number of benzene rings is 1. The average Bonchev–Trinajstić information content (AvgIpc) is 2.56. The lowest BCUT2D eigenvalue weighted by Crippen LogP contribution is -2.17. The van der Waals surface area contributed by atoms with Crippen LogP contribution in [0.15, 0.2) is 48.7 Å². The van der Waals surface area contributed by atoms with Gasteiger partial charge in [0.1, 0.15) is 0 Å². The second kappa shape index (κ2) is 8.68. The Balaban J connectivity index is 1.98. The van der Waals surface area contributed by atoms with Gasteiger partial charge in [-0.1, -0.05) is 18.2 Å². The van der Waals surface area contributed by atoms with Crippen molar-refractivity contribution in [3.05, 3.63) is 70.0 Å². The van der Waals surface area contributed by atoms with Crippen LogP contribution in [0.3, 0.4) is 0 Å². The zero-order valence-electron chi connectivity index (χ0n) is 13.4.